The average molecular weight is 222 g/mol. The molecule has 0 saturated heterocycles. The second kappa shape index (κ2) is 5.83. The topological polar surface area (TPSA) is 29.3 Å². The maximum absolute atomic E-state index is 5.78. The summed E-state index contributed by atoms with van der Waals surface area (Å²) in [6, 6.07) is 10.2. The van der Waals surface area contributed by atoms with E-state index in [0.717, 1.165) is 13.1 Å². The molecule has 0 aliphatic rings. The van der Waals surface area contributed by atoms with Crippen LogP contribution in [0.5, 0.6) is 0 Å². The van der Waals surface area contributed by atoms with Gasteiger partial charge in [-0.05, 0) is 19.2 Å². The van der Waals surface area contributed by atoms with E-state index in [1.165, 1.54) is 5.56 Å². The summed E-state index contributed by atoms with van der Waals surface area (Å²) >= 11 is 5.12. The van der Waals surface area contributed by atoms with Gasteiger partial charge in [0.25, 0.3) is 0 Å². The summed E-state index contributed by atoms with van der Waals surface area (Å²) in [7, 11) is 2.08. The molecular formula is C12H18N2S. The molecule has 3 heteroatoms. The average Bonchev–Trinajstić information content (AvgIpc) is 2.26. The molecule has 0 saturated carbocycles. The third-order valence-corrected chi connectivity index (χ3v) is 2.86. The molecule has 0 amide bonds. The first kappa shape index (κ1) is 12.1. The lowest BCUT2D eigenvalue weighted by Gasteiger charge is -2.22. The van der Waals surface area contributed by atoms with Crippen LogP contribution in [0.3, 0.4) is 0 Å². The molecule has 0 aromatic heterocycles. The van der Waals surface area contributed by atoms with E-state index in [2.05, 4.69) is 31.0 Å². The van der Waals surface area contributed by atoms with E-state index in [-0.39, 0.29) is 5.92 Å². The minimum Gasteiger partial charge on any atom is -0.393 e. The predicted octanol–water partition coefficient (Wildman–Crippen LogP) is 2.01. The van der Waals surface area contributed by atoms with Crippen LogP contribution in [0.15, 0.2) is 30.3 Å². The zero-order valence-corrected chi connectivity index (χ0v) is 10.1. The summed E-state index contributed by atoms with van der Waals surface area (Å²) in [5.74, 6) is 0.158. The molecule has 0 fully saturated rings. The highest BCUT2D eigenvalue weighted by atomic mass is 32.1. The van der Waals surface area contributed by atoms with Crippen LogP contribution < -0.4 is 5.73 Å². The van der Waals surface area contributed by atoms with Crippen LogP contribution in [0.2, 0.25) is 0 Å². The van der Waals surface area contributed by atoms with E-state index in [1.54, 1.807) is 0 Å². The molecule has 1 rings (SSSR count). The van der Waals surface area contributed by atoms with Gasteiger partial charge >= 0.3 is 0 Å². The second-order valence-corrected chi connectivity index (χ2v) is 4.19. The fourth-order valence-electron chi connectivity index (χ4n) is 1.49. The molecule has 1 atom stereocenters. The Bertz CT molecular complexity index is 311. The van der Waals surface area contributed by atoms with Crippen LogP contribution in [-0.2, 0) is 0 Å². The lowest BCUT2D eigenvalue weighted by molar-refractivity contribution is 0.349. The lowest BCUT2D eigenvalue weighted by Crippen LogP contribution is -2.31. The summed E-state index contributed by atoms with van der Waals surface area (Å²) in [5.41, 5.74) is 6.98. The van der Waals surface area contributed by atoms with Gasteiger partial charge in [-0.3, -0.25) is 0 Å². The van der Waals surface area contributed by atoms with Crippen LogP contribution in [0, 0.1) is 0 Å². The second-order valence-electron chi connectivity index (χ2n) is 3.72. The Balaban J connectivity index is 2.80. The summed E-state index contributed by atoms with van der Waals surface area (Å²) in [4.78, 5) is 2.79. The molecule has 15 heavy (non-hydrogen) atoms. The predicted molar refractivity (Wildman–Crippen MR) is 69.1 cm³/mol. The first-order valence-electron chi connectivity index (χ1n) is 5.18. The van der Waals surface area contributed by atoms with Gasteiger partial charge in [0.15, 0.2) is 0 Å². The molecule has 0 aliphatic carbocycles. The number of thiocarbonyl (C=S) groups is 1. The zero-order chi connectivity index (χ0) is 11.3. The first-order valence-corrected chi connectivity index (χ1v) is 5.58. The standard InChI is InChI=1S/C12H18N2S/c1-3-14(2)9-11(12(13)15)10-7-5-4-6-8-10/h4-8,11H,3,9H2,1-2H3,(H2,13,15). The van der Waals surface area contributed by atoms with E-state index in [4.69, 9.17) is 18.0 Å². The fraction of sp³-hybridized carbons (Fsp3) is 0.417. The zero-order valence-electron chi connectivity index (χ0n) is 9.31. The molecule has 82 valence electrons. The molecule has 0 spiro atoms. The highest BCUT2D eigenvalue weighted by Crippen LogP contribution is 2.16. The van der Waals surface area contributed by atoms with Gasteiger partial charge in [0, 0.05) is 12.5 Å². The number of likely N-dealkylation sites (N-methyl/N-ethyl adjacent to an activating group) is 1. The molecule has 0 aliphatic heterocycles. The van der Waals surface area contributed by atoms with Crippen molar-refractivity contribution in [2.45, 2.75) is 12.8 Å². The molecular weight excluding hydrogens is 204 g/mol. The van der Waals surface area contributed by atoms with Crippen molar-refractivity contribution in [3.05, 3.63) is 35.9 Å². The Kier molecular flexibility index (Phi) is 4.72. The van der Waals surface area contributed by atoms with Gasteiger partial charge < -0.3 is 10.6 Å². The smallest absolute Gasteiger partial charge is 0.0816 e. The minimum atomic E-state index is 0.158. The van der Waals surface area contributed by atoms with Gasteiger partial charge in [0.05, 0.1) is 4.99 Å². The van der Waals surface area contributed by atoms with Crippen LogP contribution >= 0.6 is 12.2 Å². The number of rotatable bonds is 5. The van der Waals surface area contributed by atoms with E-state index < -0.39 is 0 Å². The number of hydrogen-bond donors (Lipinski definition) is 1. The van der Waals surface area contributed by atoms with Gasteiger partial charge in [-0.1, -0.05) is 49.5 Å². The molecule has 1 aromatic carbocycles. The van der Waals surface area contributed by atoms with Crippen molar-refractivity contribution in [2.24, 2.45) is 5.73 Å². The molecule has 0 heterocycles. The Morgan fingerprint density at radius 2 is 2.00 bits per heavy atom. The van der Waals surface area contributed by atoms with Gasteiger partial charge in [0.2, 0.25) is 0 Å². The molecule has 2 nitrogen and oxygen atoms in total. The third-order valence-electron chi connectivity index (χ3n) is 2.58. The molecule has 1 aromatic rings. The van der Waals surface area contributed by atoms with Gasteiger partial charge in [-0.2, -0.15) is 0 Å². The van der Waals surface area contributed by atoms with Crippen LogP contribution in [0.4, 0.5) is 0 Å². The summed E-state index contributed by atoms with van der Waals surface area (Å²) in [6.45, 7) is 4.02. The lowest BCUT2D eigenvalue weighted by atomic mass is 9.99. The molecule has 1 unspecified atom stereocenters. The van der Waals surface area contributed by atoms with E-state index >= 15 is 0 Å². The highest BCUT2D eigenvalue weighted by molar-refractivity contribution is 7.80. The molecule has 0 radical (unpaired) electrons. The Morgan fingerprint density at radius 3 is 2.47 bits per heavy atom. The molecule has 0 bridgehead atoms. The van der Waals surface area contributed by atoms with Crippen molar-refractivity contribution in [1.82, 2.24) is 4.90 Å². The minimum absolute atomic E-state index is 0.158. The third kappa shape index (κ3) is 3.61. The summed E-state index contributed by atoms with van der Waals surface area (Å²) in [5, 5.41) is 0. The van der Waals surface area contributed by atoms with Crippen LogP contribution in [0.1, 0.15) is 18.4 Å². The van der Waals surface area contributed by atoms with Crippen LogP contribution in [-0.4, -0.2) is 30.0 Å². The molecule has 2 N–H and O–H groups in total. The largest absolute Gasteiger partial charge is 0.393 e. The van der Waals surface area contributed by atoms with Gasteiger partial charge in [-0.25, -0.2) is 0 Å². The number of nitrogens with two attached hydrogens (primary N) is 1. The maximum Gasteiger partial charge on any atom is 0.0816 e. The van der Waals surface area contributed by atoms with Crippen molar-refractivity contribution in [2.75, 3.05) is 20.1 Å². The van der Waals surface area contributed by atoms with Crippen LogP contribution in [0.25, 0.3) is 0 Å². The normalized spacial score (nSPS) is 12.7. The number of benzene rings is 1. The van der Waals surface area contributed by atoms with Crippen molar-refractivity contribution in [1.29, 1.82) is 0 Å². The quantitative estimate of drug-likeness (QED) is 0.773. The van der Waals surface area contributed by atoms with Crippen molar-refractivity contribution in [3.8, 4) is 0 Å². The Labute approximate surface area is 97.1 Å². The fourth-order valence-corrected chi connectivity index (χ4v) is 1.70. The van der Waals surface area contributed by atoms with Crippen molar-refractivity contribution < 1.29 is 0 Å². The Hall–Kier alpha value is -0.930. The Morgan fingerprint density at radius 1 is 1.40 bits per heavy atom. The van der Waals surface area contributed by atoms with Crippen molar-refractivity contribution >= 4 is 17.2 Å². The van der Waals surface area contributed by atoms with E-state index in [9.17, 15) is 0 Å². The summed E-state index contributed by atoms with van der Waals surface area (Å²) in [6.07, 6.45) is 0. The maximum atomic E-state index is 5.78. The summed E-state index contributed by atoms with van der Waals surface area (Å²) < 4.78 is 0. The monoisotopic (exact) mass is 222 g/mol. The number of nitrogens with zero attached hydrogens (tertiary/aromatic N) is 1. The number of hydrogen-bond acceptors (Lipinski definition) is 2. The van der Waals surface area contributed by atoms with E-state index in [1.807, 2.05) is 18.2 Å². The first-order chi connectivity index (χ1) is 7.15. The van der Waals surface area contributed by atoms with E-state index in [0.29, 0.717) is 4.99 Å². The SMILES string of the molecule is CCN(C)CC(C(N)=S)c1ccccc1. The van der Waals surface area contributed by atoms with Crippen molar-refractivity contribution in [3.63, 3.8) is 0 Å². The highest BCUT2D eigenvalue weighted by Gasteiger charge is 2.15. The van der Waals surface area contributed by atoms with Gasteiger partial charge in [-0.15, -0.1) is 0 Å². The van der Waals surface area contributed by atoms with Gasteiger partial charge in [0.1, 0.15) is 0 Å².